The molecule has 1 aliphatic heterocycles. The number of hydrogen-bond acceptors (Lipinski definition) is 6. The van der Waals surface area contributed by atoms with Gasteiger partial charge in [-0.3, -0.25) is 4.79 Å². The molecule has 2 N–H and O–H groups in total. The van der Waals surface area contributed by atoms with Gasteiger partial charge in [-0.1, -0.05) is 18.2 Å². The molecule has 0 spiro atoms. The molecule has 34 heavy (non-hydrogen) atoms. The third-order valence-electron chi connectivity index (χ3n) is 6.32. The van der Waals surface area contributed by atoms with Crippen LogP contribution in [0.15, 0.2) is 42.2 Å². The summed E-state index contributed by atoms with van der Waals surface area (Å²) in [5.41, 5.74) is 0.966. The molecule has 3 heterocycles. The quantitative estimate of drug-likeness (QED) is 0.450. The molecule has 1 saturated carbocycles. The van der Waals surface area contributed by atoms with Crippen LogP contribution in [0.2, 0.25) is 0 Å². The number of sulfonamides is 1. The number of hydrogen-bond donors (Lipinski definition) is 2. The van der Waals surface area contributed by atoms with E-state index in [1.165, 1.54) is 41.8 Å². The molecule has 3 aromatic rings. The number of carbonyl (C=O) groups excluding carboxylic acids is 1. The van der Waals surface area contributed by atoms with Crippen molar-refractivity contribution in [1.29, 1.82) is 0 Å². The van der Waals surface area contributed by atoms with Crippen LogP contribution in [0.3, 0.4) is 0 Å². The Labute approximate surface area is 197 Å². The molecule has 0 atom stereocenters. The molecule has 2 aliphatic rings. The van der Waals surface area contributed by atoms with Crippen molar-refractivity contribution in [2.24, 2.45) is 5.92 Å². The molecule has 178 valence electrons. The topological polar surface area (TPSA) is 108 Å². The van der Waals surface area contributed by atoms with Gasteiger partial charge < -0.3 is 10.3 Å². The van der Waals surface area contributed by atoms with Crippen LogP contribution >= 0.6 is 0 Å². The van der Waals surface area contributed by atoms with E-state index < -0.39 is 21.6 Å². The lowest BCUT2D eigenvalue weighted by molar-refractivity contribution is 0.103. The number of anilines is 1. The summed E-state index contributed by atoms with van der Waals surface area (Å²) in [5.74, 6) is 0.0191. The number of allylic oxidation sites excluding steroid dienone is 1. The maximum Gasteiger partial charge on any atom is 0.235 e. The van der Waals surface area contributed by atoms with Gasteiger partial charge in [0.15, 0.2) is 5.78 Å². The minimum atomic E-state index is -3.50. The van der Waals surface area contributed by atoms with Crippen molar-refractivity contribution in [2.75, 3.05) is 25.0 Å². The number of H-pyrrole nitrogens is 1. The fourth-order valence-electron chi connectivity index (χ4n) is 4.22. The number of rotatable bonds is 9. The van der Waals surface area contributed by atoms with E-state index in [2.05, 4.69) is 20.3 Å². The largest absolute Gasteiger partial charge is 0.369 e. The van der Waals surface area contributed by atoms with Crippen LogP contribution in [-0.2, 0) is 16.4 Å². The van der Waals surface area contributed by atoms with Gasteiger partial charge in [-0.15, -0.1) is 0 Å². The Hall–Kier alpha value is -3.11. The molecule has 10 heteroatoms. The molecule has 1 aromatic carbocycles. The molecule has 1 saturated heterocycles. The summed E-state index contributed by atoms with van der Waals surface area (Å²) in [5, 5.41) is 4.95. The number of benzene rings is 1. The molecule has 8 nitrogen and oxygen atoms in total. The number of carbonyl (C=O) groups is 1. The summed E-state index contributed by atoms with van der Waals surface area (Å²) in [4.78, 5) is 24.8. The van der Waals surface area contributed by atoms with Gasteiger partial charge in [-0.05, 0) is 49.7 Å². The van der Waals surface area contributed by atoms with Crippen LogP contribution in [0.1, 0.15) is 47.2 Å². The lowest BCUT2D eigenvalue weighted by Gasteiger charge is -2.11. The summed E-state index contributed by atoms with van der Waals surface area (Å²) < 4.78 is 41.5. The molecule has 5 rings (SSSR count). The standard InChI is InChI=1S/C24H26FN5O3S/c25-21-17(6-4-12-34(32,33)30-10-1-2-11-30)5-3-7-18(21)22(31)19-14-27-24-20(19)23(28-15-29-24)26-13-16-8-9-16/h3-5,7,12,14-16H,1-2,6,8-11,13H2,(H2,26,27,28,29). The number of halogens is 1. The zero-order valence-corrected chi connectivity index (χ0v) is 19.4. The number of aromatic nitrogens is 3. The lowest BCUT2D eigenvalue weighted by atomic mass is 9.99. The fourth-order valence-corrected chi connectivity index (χ4v) is 5.50. The van der Waals surface area contributed by atoms with Crippen LogP contribution in [0.4, 0.5) is 10.2 Å². The van der Waals surface area contributed by atoms with Gasteiger partial charge in [0.1, 0.15) is 23.6 Å². The first-order valence-corrected chi connectivity index (χ1v) is 13.0. The normalized spacial score (nSPS) is 17.1. The number of ketones is 1. The number of fused-ring (bicyclic) bond motifs is 1. The number of aromatic amines is 1. The Morgan fingerprint density at radius 3 is 2.76 bits per heavy atom. The predicted octanol–water partition coefficient (Wildman–Crippen LogP) is 3.63. The zero-order chi connectivity index (χ0) is 23.7. The van der Waals surface area contributed by atoms with E-state index in [9.17, 15) is 13.2 Å². The van der Waals surface area contributed by atoms with Crippen molar-refractivity contribution in [3.63, 3.8) is 0 Å². The maximum atomic E-state index is 15.3. The Bertz CT molecular complexity index is 1360. The van der Waals surface area contributed by atoms with Crippen LogP contribution in [0, 0.1) is 11.7 Å². The first-order chi connectivity index (χ1) is 16.4. The van der Waals surface area contributed by atoms with Crippen LogP contribution in [0.5, 0.6) is 0 Å². The highest BCUT2D eigenvalue weighted by Crippen LogP contribution is 2.31. The Kier molecular flexibility index (Phi) is 6.18. The first kappa shape index (κ1) is 22.7. The molecule has 0 bridgehead atoms. The summed E-state index contributed by atoms with van der Waals surface area (Å²) in [6, 6.07) is 4.59. The third kappa shape index (κ3) is 4.60. The number of nitrogens with zero attached hydrogens (tertiary/aromatic N) is 3. The Balaban J connectivity index is 1.39. The van der Waals surface area contributed by atoms with Gasteiger partial charge in [0.25, 0.3) is 0 Å². The Morgan fingerprint density at radius 1 is 1.21 bits per heavy atom. The van der Waals surface area contributed by atoms with E-state index in [0.29, 0.717) is 35.9 Å². The Morgan fingerprint density at radius 2 is 2.00 bits per heavy atom. The monoisotopic (exact) mass is 483 g/mol. The molecule has 0 amide bonds. The fraction of sp³-hybridized carbons (Fsp3) is 0.375. The van der Waals surface area contributed by atoms with Gasteiger partial charge in [0.2, 0.25) is 10.0 Å². The van der Waals surface area contributed by atoms with E-state index >= 15 is 4.39 Å². The smallest absolute Gasteiger partial charge is 0.235 e. The van der Waals surface area contributed by atoms with Crippen molar-refractivity contribution in [3.8, 4) is 0 Å². The molecule has 0 unspecified atom stereocenters. The molecular weight excluding hydrogens is 457 g/mol. The van der Waals surface area contributed by atoms with Gasteiger partial charge in [0.05, 0.1) is 16.5 Å². The van der Waals surface area contributed by atoms with Crippen molar-refractivity contribution in [1.82, 2.24) is 19.3 Å². The second kappa shape index (κ2) is 9.27. The van der Waals surface area contributed by atoms with Gasteiger partial charge in [0, 0.05) is 31.2 Å². The van der Waals surface area contributed by atoms with Gasteiger partial charge in [-0.2, -0.15) is 4.31 Å². The van der Waals surface area contributed by atoms with Crippen molar-refractivity contribution in [2.45, 2.75) is 32.1 Å². The van der Waals surface area contributed by atoms with Crippen LogP contribution < -0.4 is 5.32 Å². The molecular formula is C24H26FN5O3S. The second-order valence-electron chi connectivity index (χ2n) is 8.81. The minimum absolute atomic E-state index is 0.0607. The van der Waals surface area contributed by atoms with Gasteiger partial charge >= 0.3 is 0 Å². The third-order valence-corrected chi connectivity index (χ3v) is 7.95. The minimum Gasteiger partial charge on any atom is -0.369 e. The van der Waals surface area contributed by atoms with E-state index in [4.69, 9.17) is 0 Å². The molecule has 0 radical (unpaired) electrons. The SMILES string of the molecule is O=C(c1cccc(CC=CS(=O)(=O)N2CCCC2)c1F)c1c[nH]c2ncnc(NCC3CC3)c12. The van der Waals surface area contributed by atoms with Crippen LogP contribution in [-0.4, -0.2) is 53.1 Å². The second-order valence-corrected chi connectivity index (χ2v) is 10.6. The molecule has 1 aliphatic carbocycles. The van der Waals surface area contributed by atoms with E-state index in [0.717, 1.165) is 24.8 Å². The summed E-state index contributed by atoms with van der Waals surface area (Å²) in [6.07, 6.45) is 8.48. The van der Waals surface area contributed by atoms with Crippen molar-refractivity contribution in [3.05, 3.63) is 64.7 Å². The van der Waals surface area contributed by atoms with Crippen molar-refractivity contribution >= 4 is 32.7 Å². The summed E-state index contributed by atoms with van der Waals surface area (Å²) >= 11 is 0. The maximum absolute atomic E-state index is 15.3. The summed E-state index contributed by atoms with van der Waals surface area (Å²) in [7, 11) is -3.50. The highest BCUT2D eigenvalue weighted by molar-refractivity contribution is 7.92. The molecule has 2 aromatic heterocycles. The van der Waals surface area contributed by atoms with Gasteiger partial charge in [-0.25, -0.2) is 22.8 Å². The lowest BCUT2D eigenvalue weighted by Crippen LogP contribution is -2.25. The number of nitrogens with one attached hydrogen (secondary N) is 2. The van der Waals surface area contributed by atoms with E-state index in [-0.39, 0.29) is 23.1 Å². The van der Waals surface area contributed by atoms with Crippen LogP contribution in [0.25, 0.3) is 11.0 Å². The van der Waals surface area contributed by atoms with Crippen molar-refractivity contribution < 1.29 is 17.6 Å². The summed E-state index contributed by atoms with van der Waals surface area (Å²) in [6.45, 7) is 1.79. The first-order valence-electron chi connectivity index (χ1n) is 11.5. The van der Waals surface area contributed by atoms with E-state index in [1.807, 2.05) is 0 Å². The predicted molar refractivity (Wildman–Crippen MR) is 128 cm³/mol. The molecule has 2 fully saturated rings. The average molecular weight is 484 g/mol. The average Bonchev–Trinajstić information content (AvgIpc) is 3.29. The highest BCUT2D eigenvalue weighted by atomic mass is 32.2. The van der Waals surface area contributed by atoms with E-state index in [1.54, 1.807) is 12.1 Å². The zero-order valence-electron chi connectivity index (χ0n) is 18.6. The highest BCUT2D eigenvalue weighted by Gasteiger charge is 2.25.